The molecule has 2 rings (SSSR count). The van der Waals surface area contributed by atoms with Crippen molar-refractivity contribution >= 4 is 23.2 Å². The fourth-order valence-corrected chi connectivity index (χ4v) is 1.80. The number of benzene rings is 1. The normalized spacial score (nSPS) is 10.4. The molecule has 6 heteroatoms. The first-order valence-electron chi connectivity index (χ1n) is 6.18. The number of hydrogen-bond donors (Lipinski definition) is 2. The predicted octanol–water partition coefficient (Wildman–Crippen LogP) is 4.06. The fourth-order valence-electron chi connectivity index (χ4n) is 1.67. The molecule has 2 aromatic rings. The average molecular weight is 298 g/mol. The highest BCUT2D eigenvalue weighted by atomic mass is 35.5. The molecule has 0 aliphatic rings. The molecule has 2 N–H and O–H groups in total. The minimum Gasteiger partial charge on any atom is -0.368 e. The second-order valence-corrected chi connectivity index (χ2v) is 4.60. The van der Waals surface area contributed by atoms with E-state index < -0.39 is 11.6 Å². The Morgan fingerprint density at radius 2 is 1.65 bits per heavy atom. The van der Waals surface area contributed by atoms with Gasteiger partial charge >= 0.3 is 0 Å². The van der Waals surface area contributed by atoms with Gasteiger partial charge in [0.15, 0.2) is 23.3 Å². The molecule has 0 radical (unpaired) electrons. The van der Waals surface area contributed by atoms with Crippen LogP contribution in [-0.2, 0) is 6.54 Å². The van der Waals surface area contributed by atoms with Crippen LogP contribution in [0.2, 0.25) is 5.02 Å². The summed E-state index contributed by atoms with van der Waals surface area (Å²) in [5.41, 5.74) is 0.921. The smallest absolute Gasteiger partial charge is 0.168 e. The third kappa shape index (κ3) is 3.57. The first-order valence-corrected chi connectivity index (χ1v) is 6.56. The Labute approximate surface area is 121 Å². The van der Waals surface area contributed by atoms with Crippen molar-refractivity contribution in [3.05, 3.63) is 52.6 Å². The largest absolute Gasteiger partial charge is 0.368 e. The lowest BCUT2D eigenvalue weighted by Gasteiger charge is -2.10. The number of halogens is 3. The zero-order chi connectivity index (χ0) is 14.5. The minimum atomic E-state index is -0.724. The van der Waals surface area contributed by atoms with E-state index in [1.54, 1.807) is 12.1 Å². The molecule has 0 fully saturated rings. The molecule has 0 saturated heterocycles. The van der Waals surface area contributed by atoms with Crippen molar-refractivity contribution in [3.63, 3.8) is 0 Å². The van der Waals surface area contributed by atoms with Crippen LogP contribution in [0.25, 0.3) is 0 Å². The Morgan fingerprint density at radius 3 is 2.25 bits per heavy atom. The van der Waals surface area contributed by atoms with Crippen molar-refractivity contribution in [2.45, 2.75) is 13.5 Å². The lowest BCUT2D eigenvalue weighted by molar-refractivity contribution is 0.578. The third-order valence-corrected chi connectivity index (χ3v) is 2.90. The van der Waals surface area contributed by atoms with Crippen molar-refractivity contribution in [1.82, 2.24) is 4.98 Å². The zero-order valence-corrected chi connectivity index (χ0v) is 11.6. The molecule has 106 valence electrons. The molecule has 0 aliphatic carbocycles. The summed E-state index contributed by atoms with van der Waals surface area (Å²) < 4.78 is 27.0. The molecule has 0 unspecified atom stereocenters. The summed E-state index contributed by atoms with van der Waals surface area (Å²) in [5.74, 6) is -1.38. The van der Waals surface area contributed by atoms with E-state index in [0.717, 1.165) is 11.6 Å². The van der Waals surface area contributed by atoms with Crippen molar-refractivity contribution in [1.29, 1.82) is 0 Å². The maximum absolute atomic E-state index is 13.6. The van der Waals surface area contributed by atoms with Gasteiger partial charge < -0.3 is 10.6 Å². The van der Waals surface area contributed by atoms with Crippen LogP contribution in [0.15, 0.2) is 30.3 Å². The van der Waals surface area contributed by atoms with E-state index in [1.165, 1.54) is 0 Å². The van der Waals surface area contributed by atoms with Crippen LogP contribution in [0, 0.1) is 11.6 Å². The summed E-state index contributed by atoms with van der Waals surface area (Å²) in [6.07, 6.45) is 0. The monoisotopic (exact) mass is 297 g/mol. The Balaban J connectivity index is 2.12. The first kappa shape index (κ1) is 14.5. The predicted molar refractivity (Wildman–Crippen MR) is 77.1 cm³/mol. The summed E-state index contributed by atoms with van der Waals surface area (Å²) in [7, 11) is 0. The number of rotatable bonds is 5. The summed E-state index contributed by atoms with van der Waals surface area (Å²) >= 11 is 5.78. The summed E-state index contributed by atoms with van der Waals surface area (Å²) in [4.78, 5) is 3.90. The number of nitrogens with zero attached hydrogens (tertiary/aromatic N) is 1. The van der Waals surface area contributed by atoms with Crippen LogP contribution in [0.4, 0.5) is 20.4 Å². The Morgan fingerprint density at radius 1 is 1.05 bits per heavy atom. The van der Waals surface area contributed by atoms with Gasteiger partial charge in [-0.05, 0) is 24.6 Å². The van der Waals surface area contributed by atoms with Gasteiger partial charge in [0.25, 0.3) is 0 Å². The summed E-state index contributed by atoms with van der Waals surface area (Å²) in [5, 5.41) is 6.21. The van der Waals surface area contributed by atoms with Crippen LogP contribution in [0.1, 0.15) is 12.5 Å². The Bertz CT molecular complexity index is 588. The standard InChI is InChI=1S/C14H14ClF2N3/c1-2-18-13-11(16)7-12(17)14(20-13)19-8-9-3-5-10(15)6-4-9/h3-7H,2,8H2,1H3,(H2,18,19,20). The number of hydrogen-bond acceptors (Lipinski definition) is 3. The lowest BCUT2D eigenvalue weighted by Crippen LogP contribution is -2.08. The summed E-state index contributed by atoms with van der Waals surface area (Å²) in [6.45, 7) is 2.69. The van der Waals surface area contributed by atoms with E-state index in [-0.39, 0.29) is 11.6 Å². The van der Waals surface area contributed by atoms with Crippen LogP contribution < -0.4 is 10.6 Å². The van der Waals surface area contributed by atoms with Crippen LogP contribution in [0.3, 0.4) is 0 Å². The lowest BCUT2D eigenvalue weighted by atomic mass is 10.2. The van der Waals surface area contributed by atoms with Gasteiger partial charge in [0, 0.05) is 24.2 Å². The highest BCUT2D eigenvalue weighted by Crippen LogP contribution is 2.19. The number of nitrogens with one attached hydrogen (secondary N) is 2. The first-order chi connectivity index (χ1) is 9.60. The zero-order valence-electron chi connectivity index (χ0n) is 10.9. The van der Waals surface area contributed by atoms with E-state index >= 15 is 0 Å². The van der Waals surface area contributed by atoms with Gasteiger partial charge in [-0.1, -0.05) is 23.7 Å². The van der Waals surface area contributed by atoms with Gasteiger partial charge in [0.05, 0.1) is 0 Å². The molecule has 20 heavy (non-hydrogen) atoms. The average Bonchev–Trinajstić information content (AvgIpc) is 2.42. The molecular weight excluding hydrogens is 284 g/mol. The fraction of sp³-hybridized carbons (Fsp3) is 0.214. The van der Waals surface area contributed by atoms with Gasteiger partial charge in [-0.2, -0.15) is 0 Å². The maximum atomic E-state index is 13.6. The number of anilines is 2. The topological polar surface area (TPSA) is 37.0 Å². The van der Waals surface area contributed by atoms with Crippen molar-refractivity contribution in [2.24, 2.45) is 0 Å². The second kappa shape index (κ2) is 6.52. The van der Waals surface area contributed by atoms with E-state index in [9.17, 15) is 8.78 Å². The molecule has 1 aromatic heterocycles. The molecule has 0 atom stereocenters. The quantitative estimate of drug-likeness (QED) is 0.874. The van der Waals surface area contributed by atoms with Gasteiger partial charge in [0.1, 0.15) is 0 Å². The highest BCUT2D eigenvalue weighted by molar-refractivity contribution is 6.30. The molecule has 0 bridgehead atoms. The van der Waals surface area contributed by atoms with Crippen LogP contribution >= 0.6 is 11.6 Å². The molecule has 1 aromatic carbocycles. The molecule has 0 saturated carbocycles. The van der Waals surface area contributed by atoms with Gasteiger partial charge in [-0.3, -0.25) is 0 Å². The van der Waals surface area contributed by atoms with Gasteiger partial charge in [0.2, 0.25) is 0 Å². The molecular formula is C14H14ClF2N3. The van der Waals surface area contributed by atoms with Crippen molar-refractivity contribution < 1.29 is 8.78 Å². The third-order valence-electron chi connectivity index (χ3n) is 2.65. The maximum Gasteiger partial charge on any atom is 0.168 e. The Kier molecular flexibility index (Phi) is 4.74. The van der Waals surface area contributed by atoms with Crippen molar-refractivity contribution in [2.75, 3.05) is 17.2 Å². The van der Waals surface area contributed by atoms with Crippen LogP contribution in [0.5, 0.6) is 0 Å². The van der Waals surface area contributed by atoms with E-state index in [1.807, 2.05) is 19.1 Å². The second-order valence-electron chi connectivity index (χ2n) is 4.16. The van der Waals surface area contributed by atoms with Crippen molar-refractivity contribution in [3.8, 4) is 0 Å². The van der Waals surface area contributed by atoms with E-state index in [4.69, 9.17) is 11.6 Å². The number of pyridine rings is 1. The highest BCUT2D eigenvalue weighted by Gasteiger charge is 2.11. The van der Waals surface area contributed by atoms with Gasteiger partial charge in [-0.15, -0.1) is 0 Å². The minimum absolute atomic E-state index is 0.0114. The molecule has 0 aliphatic heterocycles. The molecule has 0 spiro atoms. The molecule has 3 nitrogen and oxygen atoms in total. The van der Waals surface area contributed by atoms with E-state index in [0.29, 0.717) is 18.1 Å². The van der Waals surface area contributed by atoms with Crippen LogP contribution in [-0.4, -0.2) is 11.5 Å². The van der Waals surface area contributed by atoms with E-state index in [2.05, 4.69) is 15.6 Å². The summed E-state index contributed by atoms with van der Waals surface area (Å²) in [6, 6.07) is 7.95. The molecule has 0 amide bonds. The molecule has 1 heterocycles. The van der Waals surface area contributed by atoms with Gasteiger partial charge in [-0.25, -0.2) is 13.8 Å². The SMILES string of the molecule is CCNc1nc(NCc2ccc(Cl)cc2)c(F)cc1F. The number of aromatic nitrogens is 1. The Hall–Kier alpha value is -1.88.